The summed E-state index contributed by atoms with van der Waals surface area (Å²) in [5.41, 5.74) is 22.0. The number of allylic oxidation sites excluding steroid dienone is 1. The molecule has 16 rings (SSSR count). The Morgan fingerprint density at radius 2 is 0.670 bits per heavy atom. The summed E-state index contributed by atoms with van der Waals surface area (Å²) in [4.78, 5) is 0. The highest BCUT2D eigenvalue weighted by Crippen LogP contribution is 2.48. The SMILES string of the molecule is C=Cc1oc2ccc(-c3cccc(-c4c5ccccc5c(-c5cccc6ccccc56)c5ccccc45)c3)cc2c1/C=C\C.Cc1ccccc1-c1cc(-c2ccc(-c3c4ccccc4c(-c4cccc5ccccc45)c4ccccc34)cc2)ccc1C. The first-order valence-electron chi connectivity index (χ1n) is 30.5. The molecule has 1 aromatic heterocycles. The van der Waals surface area contributed by atoms with Crippen LogP contribution in [0.25, 0.3) is 166 Å². The van der Waals surface area contributed by atoms with E-state index in [1.807, 2.05) is 13.0 Å². The minimum atomic E-state index is 0.799. The minimum absolute atomic E-state index is 0.799. The molecule has 0 saturated carbocycles. The number of rotatable bonds is 9. The summed E-state index contributed by atoms with van der Waals surface area (Å²) < 4.78 is 6.09. The molecule has 0 amide bonds. The van der Waals surface area contributed by atoms with Crippen LogP contribution in [-0.4, -0.2) is 0 Å². The molecule has 0 saturated heterocycles. The molecule has 0 aliphatic rings. The van der Waals surface area contributed by atoms with Gasteiger partial charge in [-0.25, -0.2) is 0 Å². The van der Waals surface area contributed by atoms with E-state index in [9.17, 15) is 0 Å². The molecule has 0 bridgehead atoms. The topological polar surface area (TPSA) is 13.1 Å². The lowest BCUT2D eigenvalue weighted by Crippen LogP contribution is -1.92. The summed E-state index contributed by atoms with van der Waals surface area (Å²) in [5.74, 6) is 0.799. The number of furan rings is 1. The summed E-state index contributed by atoms with van der Waals surface area (Å²) in [7, 11) is 0. The van der Waals surface area contributed by atoms with Gasteiger partial charge in [0.25, 0.3) is 0 Å². The van der Waals surface area contributed by atoms with Crippen LogP contribution in [0.2, 0.25) is 0 Å². The zero-order chi connectivity index (χ0) is 59.2. The van der Waals surface area contributed by atoms with Gasteiger partial charge >= 0.3 is 0 Å². The molecular formula is C87H62O. The Bertz CT molecular complexity index is 5310. The minimum Gasteiger partial charge on any atom is -0.456 e. The van der Waals surface area contributed by atoms with E-state index in [1.165, 1.54) is 148 Å². The second-order valence-electron chi connectivity index (χ2n) is 23.0. The van der Waals surface area contributed by atoms with Gasteiger partial charge in [0.2, 0.25) is 0 Å². The van der Waals surface area contributed by atoms with Crippen LogP contribution in [0.1, 0.15) is 29.4 Å². The lowest BCUT2D eigenvalue weighted by atomic mass is 9.84. The third-order valence-electron chi connectivity index (χ3n) is 17.9. The molecule has 1 heterocycles. The second-order valence-corrected chi connectivity index (χ2v) is 23.0. The van der Waals surface area contributed by atoms with Gasteiger partial charge in [-0.05, 0) is 205 Å². The van der Waals surface area contributed by atoms with Crippen molar-refractivity contribution >= 4 is 87.8 Å². The maximum Gasteiger partial charge on any atom is 0.135 e. The molecule has 1 heteroatoms. The molecule has 0 unspecified atom stereocenters. The van der Waals surface area contributed by atoms with Crippen molar-refractivity contribution in [1.29, 1.82) is 0 Å². The lowest BCUT2D eigenvalue weighted by molar-refractivity contribution is 0.603. The van der Waals surface area contributed by atoms with Gasteiger partial charge in [0.15, 0.2) is 0 Å². The summed E-state index contributed by atoms with van der Waals surface area (Å²) in [6.07, 6.45) is 5.93. The van der Waals surface area contributed by atoms with Crippen molar-refractivity contribution in [3.63, 3.8) is 0 Å². The monoisotopic (exact) mass is 1120 g/mol. The van der Waals surface area contributed by atoms with Gasteiger partial charge in [-0.1, -0.05) is 286 Å². The molecule has 0 radical (unpaired) electrons. The largest absolute Gasteiger partial charge is 0.456 e. The predicted molar refractivity (Wildman–Crippen MR) is 380 cm³/mol. The third kappa shape index (κ3) is 9.37. The van der Waals surface area contributed by atoms with E-state index in [2.05, 4.69) is 318 Å². The predicted octanol–water partition coefficient (Wildman–Crippen LogP) is 25.0. The van der Waals surface area contributed by atoms with Gasteiger partial charge in [0.05, 0.1) is 0 Å². The van der Waals surface area contributed by atoms with Gasteiger partial charge in [0.1, 0.15) is 11.3 Å². The number of aryl methyl sites for hydroxylation is 2. The van der Waals surface area contributed by atoms with Crippen LogP contribution >= 0.6 is 0 Å². The Kier molecular flexibility index (Phi) is 13.8. The van der Waals surface area contributed by atoms with Gasteiger partial charge in [-0.15, -0.1) is 0 Å². The zero-order valence-electron chi connectivity index (χ0n) is 49.6. The average Bonchev–Trinajstić information content (AvgIpc) is 0.979. The van der Waals surface area contributed by atoms with Gasteiger partial charge in [-0.2, -0.15) is 0 Å². The van der Waals surface area contributed by atoms with Crippen LogP contribution in [0.3, 0.4) is 0 Å². The van der Waals surface area contributed by atoms with Crippen molar-refractivity contribution in [1.82, 2.24) is 0 Å². The molecule has 0 fully saturated rings. The Morgan fingerprint density at radius 1 is 0.284 bits per heavy atom. The van der Waals surface area contributed by atoms with Gasteiger partial charge in [-0.3, -0.25) is 0 Å². The summed E-state index contributed by atoms with van der Waals surface area (Å²) in [6.45, 7) is 10.4. The van der Waals surface area contributed by atoms with E-state index in [1.54, 1.807) is 6.08 Å². The number of hydrogen-bond donors (Lipinski definition) is 0. The maximum atomic E-state index is 6.09. The smallest absolute Gasteiger partial charge is 0.135 e. The Balaban J connectivity index is 0.000000148. The first-order chi connectivity index (χ1) is 43.4. The molecule has 0 aliphatic heterocycles. The number of benzene rings is 15. The van der Waals surface area contributed by atoms with E-state index < -0.39 is 0 Å². The van der Waals surface area contributed by atoms with Crippen molar-refractivity contribution in [2.45, 2.75) is 20.8 Å². The normalized spacial score (nSPS) is 11.6. The first-order valence-corrected chi connectivity index (χ1v) is 30.5. The molecule has 16 aromatic rings. The van der Waals surface area contributed by atoms with Gasteiger partial charge in [0, 0.05) is 10.9 Å². The van der Waals surface area contributed by atoms with E-state index >= 15 is 0 Å². The summed E-state index contributed by atoms with van der Waals surface area (Å²) in [6, 6.07) is 106. The number of fused-ring (bicyclic) bond motifs is 7. The molecule has 88 heavy (non-hydrogen) atoms. The quantitative estimate of drug-likeness (QED) is 0.131. The molecule has 0 aliphatic carbocycles. The van der Waals surface area contributed by atoms with Crippen LogP contribution in [0.15, 0.2) is 308 Å². The lowest BCUT2D eigenvalue weighted by Gasteiger charge is -2.19. The Morgan fingerprint density at radius 3 is 1.20 bits per heavy atom. The van der Waals surface area contributed by atoms with Crippen molar-refractivity contribution in [3.05, 3.63) is 326 Å². The van der Waals surface area contributed by atoms with Crippen LogP contribution in [0.4, 0.5) is 0 Å². The summed E-state index contributed by atoms with van der Waals surface area (Å²) in [5, 5.41) is 16.3. The molecule has 1 nitrogen and oxygen atoms in total. The van der Waals surface area contributed by atoms with E-state index in [0.29, 0.717) is 0 Å². The molecule has 0 atom stereocenters. The fourth-order valence-corrected chi connectivity index (χ4v) is 13.8. The van der Waals surface area contributed by atoms with E-state index in [-0.39, 0.29) is 0 Å². The van der Waals surface area contributed by atoms with Crippen molar-refractivity contribution < 1.29 is 4.42 Å². The standard InChI is InChI=1S/C44H32.C43H30O/c1-29-12-3-5-15-35(29)42-28-34(23-22-30(42)2)31-24-26-33(27-25-31)43-38-17-7-9-19-40(38)44(41-20-10-8-18-39(41)43)37-21-11-14-32-13-4-6-16-36(32)37;1-3-13-33-39-27-30(24-25-41(39)44-40(33)4-2)29-16-11-17-31(26-29)42-35-19-7-9-21-37(35)43(38-22-10-8-20-36(38)42)34-23-12-15-28-14-5-6-18-32(28)34/h3-28H,1-2H3;3-27H,2H2,1H3/b;13-3-. The highest BCUT2D eigenvalue weighted by molar-refractivity contribution is 6.25. The van der Waals surface area contributed by atoms with Crippen LogP contribution < -0.4 is 0 Å². The number of hydrogen-bond acceptors (Lipinski definition) is 1. The third-order valence-corrected chi connectivity index (χ3v) is 17.9. The Hall–Kier alpha value is -11.1. The highest BCUT2D eigenvalue weighted by atomic mass is 16.3. The molecule has 15 aromatic carbocycles. The van der Waals surface area contributed by atoms with E-state index in [0.717, 1.165) is 27.9 Å². The van der Waals surface area contributed by atoms with Crippen LogP contribution in [0.5, 0.6) is 0 Å². The van der Waals surface area contributed by atoms with Crippen molar-refractivity contribution in [2.75, 3.05) is 0 Å². The zero-order valence-corrected chi connectivity index (χ0v) is 49.6. The summed E-state index contributed by atoms with van der Waals surface area (Å²) >= 11 is 0. The fourth-order valence-electron chi connectivity index (χ4n) is 13.8. The molecule has 416 valence electrons. The van der Waals surface area contributed by atoms with Crippen molar-refractivity contribution in [3.8, 4) is 77.9 Å². The maximum absolute atomic E-state index is 6.09. The van der Waals surface area contributed by atoms with Crippen LogP contribution in [0, 0.1) is 13.8 Å². The molecule has 0 spiro atoms. The highest BCUT2D eigenvalue weighted by Gasteiger charge is 2.21. The molecular weight excluding hydrogens is 1060 g/mol. The average molecular weight is 1120 g/mol. The van der Waals surface area contributed by atoms with Crippen molar-refractivity contribution in [2.24, 2.45) is 0 Å². The van der Waals surface area contributed by atoms with Gasteiger partial charge < -0.3 is 4.42 Å². The first kappa shape index (κ1) is 53.6. The molecule has 0 N–H and O–H groups in total. The van der Waals surface area contributed by atoms with Crippen LogP contribution in [-0.2, 0) is 0 Å². The van der Waals surface area contributed by atoms with E-state index in [4.69, 9.17) is 4.42 Å². The fraction of sp³-hybridized carbons (Fsp3) is 0.0345. The second kappa shape index (κ2) is 22.7. The Labute approximate surface area is 514 Å².